The van der Waals surface area contributed by atoms with Crippen LogP contribution in [0.1, 0.15) is 24.7 Å². The van der Waals surface area contributed by atoms with E-state index in [1.54, 1.807) is 0 Å². The van der Waals surface area contributed by atoms with Gasteiger partial charge in [0.05, 0.1) is 25.7 Å². The number of rotatable bonds is 6. The Balaban J connectivity index is 1.86. The van der Waals surface area contributed by atoms with Crippen molar-refractivity contribution in [1.82, 2.24) is 15.2 Å². The SMILES string of the molecule is CCCNC1COCC1C(=O)NCc1ccc(C)n1C. The molecular formula is C15H25N3O2. The number of nitrogens with zero attached hydrogens (tertiary/aromatic N) is 1. The Kier molecular flexibility index (Phi) is 5.20. The summed E-state index contributed by atoms with van der Waals surface area (Å²) in [5, 5.41) is 6.41. The van der Waals surface area contributed by atoms with Crippen LogP contribution in [0.5, 0.6) is 0 Å². The number of carbonyl (C=O) groups excluding carboxylic acids is 1. The molecule has 5 heteroatoms. The molecule has 20 heavy (non-hydrogen) atoms. The maximum atomic E-state index is 12.3. The molecule has 0 radical (unpaired) electrons. The van der Waals surface area contributed by atoms with Gasteiger partial charge in [-0.15, -0.1) is 0 Å². The van der Waals surface area contributed by atoms with Crippen LogP contribution in [0, 0.1) is 12.8 Å². The summed E-state index contributed by atoms with van der Waals surface area (Å²) in [6.07, 6.45) is 1.06. The van der Waals surface area contributed by atoms with Crippen LogP contribution in [0.3, 0.4) is 0 Å². The Bertz CT molecular complexity index is 456. The fourth-order valence-corrected chi connectivity index (χ4v) is 2.50. The molecule has 1 fully saturated rings. The molecule has 112 valence electrons. The van der Waals surface area contributed by atoms with Crippen molar-refractivity contribution in [3.63, 3.8) is 0 Å². The lowest BCUT2D eigenvalue weighted by atomic mass is 10.0. The molecule has 5 nitrogen and oxygen atoms in total. The normalized spacial score (nSPS) is 22.1. The second-order valence-electron chi connectivity index (χ2n) is 5.45. The van der Waals surface area contributed by atoms with Gasteiger partial charge in [-0.2, -0.15) is 0 Å². The molecule has 1 aliphatic rings. The average molecular weight is 279 g/mol. The van der Waals surface area contributed by atoms with E-state index >= 15 is 0 Å². The maximum Gasteiger partial charge on any atom is 0.227 e. The Morgan fingerprint density at radius 3 is 2.90 bits per heavy atom. The standard InChI is InChI=1S/C15H25N3O2/c1-4-7-16-14-10-20-9-13(14)15(19)17-8-12-6-5-11(2)18(12)3/h5-6,13-14,16H,4,7-10H2,1-3H3,(H,17,19). The molecule has 1 aromatic heterocycles. The second-order valence-corrected chi connectivity index (χ2v) is 5.45. The summed E-state index contributed by atoms with van der Waals surface area (Å²) in [6.45, 7) is 6.81. The Hall–Kier alpha value is -1.33. The third kappa shape index (κ3) is 3.41. The summed E-state index contributed by atoms with van der Waals surface area (Å²) in [5.41, 5.74) is 2.31. The van der Waals surface area contributed by atoms with E-state index in [-0.39, 0.29) is 17.9 Å². The average Bonchev–Trinajstić information content (AvgIpc) is 3.03. The van der Waals surface area contributed by atoms with Gasteiger partial charge in [-0.25, -0.2) is 0 Å². The van der Waals surface area contributed by atoms with Crippen molar-refractivity contribution >= 4 is 5.91 Å². The minimum absolute atomic E-state index is 0.0787. The van der Waals surface area contributed by atoms with Crippen molar-refractivity contribution in [2.24, 2.45) is 13.0 Å². The number of carbonyl (C=O) groups is 1. The Morgan fingerprint density at radius 2 is 2.25 bits per heavy atom. The molecule has 2 N–H and O–H groups in total. The van der Waals surface area contributed by atoms with E-state index in [0.29, 0.717) is 19.8 Å². The molecule has 2 unspecified atom stereocenters. The van der Waals surface area contributed by atoms with E-state index in [1.165, 1.54) is 5.69 Å². The van der Waals surface area contributed by atoms with Gasteiger partial charge in [0, 0.05) is 24.5 Å². The number of aromatic nitrogens is 1. The zero-order valence-electron chi connectivity index (χ0n) is 12.6. The second kappa shape index (κ2) is 6.90. The third-order valence-corrected chi connectivity index (χ3v) is 3.99. The van der Waals surface area contributed by atoms with Crippen LogP contribution in [-0.4, -0.2) is 36.3 Å². The molecular weight excluding hydrogens is 254 g/mol. The van der Waals surface area contributed by atoms with E-state index in [2.05, 4.69) is 35.1 Å². The first-order valence-corrected chi connectivity index (χ1v) is 7.33. The number of hydrogen-bond donors (Lipinski definition) is 2. The van der Waals surface area contributed by atoms with Gasteiger partial charge < -0.3 is 19.9 Å². The smallest absolute Gasteiger partial charge is 0.227 e. The van der Waals surface area contributed by atoms with Crippen LogP contribution >= 0.6 is 0 Å². The van der Waals surface area contributed by atoms with E-state index in [0.717, 1.165) is 18.7 Å². The van der Waals surface area contributed by atoms with Gasteiger partial charge in [0.25, 0.3) is 0 Å². The van der Waals surface area contributed by atoms with Crippen molar-refractivity contribution in [2.45, 2.75) is 32.9 Å². The summed E-state index contributed by atoms with van der Waals surface area (Å²) < 4.78 is 7.53. The van der Waals surface area contributed by atoms with Crippen LogP contribution < -0.4 is 10.6 Å². The van der Waals surface area contributed by atoms with Gasteiger partial charge in [0.2, 0.25) is 5.91 Å². The molecule has 0 saturated carbocycles. The quantitative estimate of drug-likeness (QED) is 0.815. The van der Waals surface area contributed by atoms with Gasteiger partial charge in [-0.1, -0.05) is 6.92 Å². The number of amides is 1. The first-order chi connectivity index (χ1) is 9.63. The van der Waals surface area contributed by atoms with E-state index in [4.69, 9.17) is 4.74 Å². The molecule has 1 saturated heterocycles. The first-order valence-electron chi connectivity index (χ1n) is 7.33. The highest BCUT2D eigenvalue weighted by molar-refractivity contribution is 5.79. The van der Waals surface area contributed by atoms with Crippen molar-refractivity contribution in [1.29, 1.82) is 0 Å². The zero-order chi connectivity index (χ0) is 14.5. The fourth-order valence-electron chi connectivity index (χ4n) is 2.50. The van der Waals surface area contributed by atoms with Crippen LogP contribution in [0.2, 0.25) is 0 Å². The van der Waals surface area contributed by atoms with Crippen LogP contribution in [0.4, 0.5) is 0 Å². The molecule has 2 atom stereocenters. The highest BCUT2D eigenvalue weighted by atomic mass is 16.5. The van der Waals surface area contributed by atoms with Gasteiger partial charge in [-0.3, -0.25) is 4.79 Å². The third-order valence-electron chi connectivity index (χ3n) is 3.99. The molecule has 0 aromatic carbocycles. The number of ether oxygens (including phenoxy) is 1. The topological polar surface area (TPSA) is 55.3 Å². The lowest BCUT2D eigenvalue weighted by Crippen LogP contribution is -2.44. The summed E-state index contributed by atoms with van der Waals surface area (Å²) in [4.78, 5) is 12.3. The van der Waals surface area contributed by atoms with Crippen LogP contribution in [-0.2, 0) is 23.1 Å². The molecule has 0 spiro atoms. The monoisotopic (exact) mass is 279 g/mol. The highest BCUT2D eigenvalue weighted by Gasteiger charge is 2.33. The van der Waals surface area contributed by atoms with E-state index in [9.17, 15) is 4.79 Å². The predicted octanol–water partition coefficient (Wildman–Crippen LogP) is 0.964. The molecule has 0 aliphatic carbocycles. The van der Waals surface area contributed by atoms with Crippen LogP contribution in [0.15, 0.2) is 12.1 Å². The van der Waals surface area contributed by atoms with Crippen molar-refractivity contribution in [3.8, 4) is 0 Å². The van der Waals surface area contributed by atoms with Crippen molar-refractivity contribution in [2.75, 3.05) is 19.8 Å². The number of nitrogens with one attached hydrogen (secondary N) is 2. The summed E-state index contributed by atoms with van der Waals surface area (Å²) in [5.74, 6) is -0.00197. The fraction of sp³-hybridized carbons (Fsp3) is 0.667. The molecule has 0 bridgehead atoms. The van der Waals surface area contributed by atoms with Gasteiger partial charge >= 0.3 is 0 Å². The summed E-state index contributed by atoms with van der Waals surface area (Å²) in [7, 11) is 2.01. The molecule has 1 amide bonds. The largest absolute Gasteiger partial charge is 0.379 e. The van der Waals surface area contributed by atoms with E-state index < -0.39 is 0 Å². The summed E-state index contributed by atoms with van der Waals surface area (Å²) >= 11 is 0. The predicted molar refractivity (Wildman–Crippen MR) is 78.4 cm³/mol. The minimum atomic E-state index is -0.0806. The van der Waals surface area contributed by atoms with Crippen molar-refractivity contribution < 1.29 is 9.53 Å². The molecule has 2 heterocycles. The van der Waals surface area contributed by atoms with E-state index in [1.807, 2.05) is 13.1 Å². The van der Waals surface area contributed by atoms with Crippen LogP contribution in [0.25, 0.3) is 0 Å². The van der Waals surface area contributed by atoms with Gasteiger partial charge in [-0.05, 0) is 32.0 Å². The summed E-state index contributed by atoms with van der Waals surface area (Å²) in [6, 6.07) is 4.25. The van der Waals surface area contributed by atoms with Gasteiger partial charge in [0.15, 0.2) is 0 Å². The van der Waals surface area contributed by atoms with Gasteiger partial charge in [0.1, 0.15) is 0 Å². The Morgan fingerprint density at radius 1 is 1.45 bits per heavy atom. The highest BCUT2D eigenvalue weighted by Crippen LogP contribution is 2.14. The number of hydrogen-bond acceptors (Lipinski definition) is 3. The Labute approximate surface area is 120 Å². The first kappa shape index (κ1) is 15.1. The lowest BCUT2D eigenvalue weighted by molar-refractivity contribution is -0.125. The molecule has 1 aliphatic heterocycles. The lowest BCUT2D eigenvalue weighted by Gasteiger charge is -2.18. The molecule has 2 rings (SSSR count). The zero-order valence-corrected chi connectivity index (χ0v) is 12.6. The maximum absolute atomic E-state index is 12.3. The minimum Gasteiger partial charge on any atom is -0.379 e. The molecule has 1 aromatic rings. The van der Waals surface area contributed by atoms with Crippen molar-refractivity contribution in [3.05, 3.63) is 23.5 Å². The number of aryl methyl sites for hydroxylation is 1.